The third kappa shape index (κ3) is 3.31. The lowest BCUT2D eigenvalue weighted by Crippen LogP contribution is -2.25. The lowest BCUT2D eigenvalue weighted by atomic mass is 10.1. The van der Waals surface area contributed by atoms with Crippen molar-refractivity contribution in [1.29, 1.82) is 5.26 Å². The summed E-state index contributed by atoms with van der Waals surface area (Å²) < 4.78 is 13.2. The van der Waals surface area contributed by atoms with Gasteiger partial charge in [-0.3, -0.25) is 4.90 Å². The summed E-state index contributed by atoms with van der Waals surface area (Å²) in [7, 11) is 1.70. The highest BCUT2D eigenvalue weighted by Crippen LogP contribution is 2.16. The molecule has 0 aliphatic rings. The van der Waals surface area contributed by atoms with E-state index in [-0.39, 0.29) is 18.7 Å². The first-order valence-corrected chi connectivity index (χ1v) is 4.63. The second-order valence-electron chi connectivity index (χ2n) is 3.39. The molecule has 4 heteroatoms. The molecule has 1 rings (SSSR count). The second kappa shape index (κ2) is 5.44. The summed E-state index contributed by atoms with van der Waals surface area (Å²) in [5.74, 6) is -0.421. The van der Waals surface area contributed by atoms with E-state index in [0.717, 1.165) is 0 Å². The van der Waals surface area contributed by atoms with Gasteiger partial charge < -0.3 is 5.11 Å². The van der Waals surface area contributed by atoms with Crippen LogP contribution in [0.1, 0.15) is 11.7 Å². The molecule has 0 aliphatic heterocycles. The minimum Gasteiger partial charge on any atom is -0.387 e. The molecule has 0 aromatic heterocycles. The molecule has 0 fully saturated rings. The summed E-state index contributed by atoms with van der Waals surface area (Å²) in [5.41, 5.74) is 0.266. The van der Waals surface area contributed by atoms with Gasteiger partial charge in [0, 0.05) is 12.1 Å². The third-order valence-corrected chi connectivity index (χ3v) is 2.09. The van der Waals surface area contributed by atoms with Crippen molar-refractivity contribution in [2.24, 2.45) is 0 Å². The van der Waals surface area contributed by atoms with E-state index in [1.54, 1.807) is 30.1 Å². The quantitative estimate of drug-likeness (QED) is 0.759. The standard InChI is InChI=1S/C11H13FN2O/c1-14(7-6-13)8-11(15)9-4-2-3-5-10(9)12/h2-5,11,15H,7-8H2,1H3. The van der Waals surface area contributed by atoms with E-state index >= 15 is 0 Å². The van der Waals surface area contributed by atoms with E-state index in [9.17, 15) is 9.50 Å². The SMILES string of the molecule is CN(CC#N)CC(O)c1ccccc1F. The van der Waals surface area contributed by atoms with Crippen molar-refractivity contribution in [3.63, 3.8) is 0 Å². The van der Waals surface area contributed by atoms with E-state index in [0.29, 0.717) is 0 Å². The van der Waals surface area contributed by atoms with Crippen LogP contribution in [-0.2, 0) is 0 Å². The fourth-order valence-electron chi connectivity index (χ4n) is 1.32. The number of rotatable bonds is 4. The molecule has 80 valence electrons. The van der Waals surface area contributed by atoms with Crippen LogP contribution in [0.4, 0.5) is 4.39 Å². The maximum absolute atomic E-state index is 13.2. The van der Waals surface area contributed by atoms with Crippen molar-refractivity contribution in [2.75, 3.05) is 20.1 Å². The van der Waals surface area contributed by atoms with Crippen molar-refractivity contribution in [1.82, 2.24) is 4.90 Å². The number of likely N-dealkylation sites (N-methyl/N-ethyl adjacent to an activating group) is 1. The van der Waals surface area contributed by atoms with E-state index in [4.69, 9.17) is 5.26 Å². The van der Waals surface area contributed by atoms with Crippen molar-refractivity contribution in [2.45, 2.75) is 6.10 Å². The number of nitrogens with zero attached hydrogens (tertiary/aromatic N) is 2. The van der Waals surface area contributed by atoms with Crippen LogP contribution in [-0.4, -0.2) is 30.1 Å². The van der Waals surface area contributed by atoms with Crippen LogP contribution in [0.3, 0.4) is 0 Å². The zero-order valence-electron chi connectivity index (χ0n) is 8.52. The summed E-state index contributed by atoms with van der Waals surface area (Å²) >= 11 is 0. The lowest BCUT2D eigenvalue weighted by Gasteiger charge is -2.18. The van der Waals surface area contributed by atoms with Gasteiger partial charge in [0.1, 0.15) is 5.82 Å². The van der Waals surface area contributed by atoms with Gasteiger partial charge in [0.25, 0.3) is 0 Å². The first-order chi connectivity index (χ1) is 7.15. The van der Waals surface area contributed by atoms with Gasteiger partial charge in [0.05, 0.1) is 18.7 Å². The molecule has 1 unspecified atom stereocenters. The average Bonchev–Trinajstić information content (AvgIpc) is 2.18. The number of halogens is 1. The van der Waals surface area contributed by atoms with Gasteiger partial charge in [0.2, 0.25) is 0 Å². The van der Waals surface area contributed by atoms with Gasteiger partial charge in [-0.15, -0.1) is 0 Å². The first kappa shape index (κ1) is 11.6. The van der Waals surface area contributed by atoms with Crippen LogP contribution in [0.5, 0.6) is 0 Å². The highest BCUT2D eigenvalue weighted by molar-refractivity contribution is 5.20. The molecule has 0 amide bonds. The topological polar surface area (TPSA) is 47.3 Å². The number of nitriles is 1. The van der Waals surface area contributed by atoms with Crippen molar-refractivity contribution < 1.29 is 9.50 Å². The van der Waals surface area contributed by atoms with E-state index in [1.807, 2.05) is 6.07 Å². The smallest absolute Gasteiger partial charge is 0.129 e. The number of hydrogen-bond donors (Lipinski definition) is 1. The Morgan fingerprint density at radius 3 is 2.80 bits per heavy atom. The molecule has 3 nitrogen and oxygen atoms in total. The first-order valence-electron chi connectivity index (χ1n) is 4.63. The van der Waals surface area contributed by atoms with Crippen LogP contribution in [0.2, 0.25) is 0 Å². The summed E-state index contributed by atoms with van der Waals surface area (Å²) in [4.78, 5) is 1.64. The number of benzene rings is 1. The largest absolute Gasteiger partial charge is 0.387 e. The van der Waals surface area contributed by atoms with Gasteiger partial charge in [-0.25, -0.2) is 4.39 Å². The molecule has 1 N–H and O–H groups in total. The van der Waals surface area contributed by atoms with Gasteiger partial charge in [0.15, 0.2) is 0 Å². The zero-order chi connectivity index (χ0) is 11.3. The Kier molecular flexibility index (Phi) is 4.22. The molecular weight excluding hydrogens is 195 g/mol. The Labute approximate surface area is 88.4 Å². The van der Waals surface area contributed by atoms with Crippen LogP contribution in [0.25, 0.3) is 0 Å². The van der Waals surface area contributed by atoms with E-state index in [1.165, 1.54) is 6.07 Å². The maximum Gasteiger partial charge on any atom is 0.129 e. The van der Waals surface area contributed by atoms with Crippen molar-refractivity contribution >= 4 is 0 Å². The van der Waals surface area contributed by atoms with E-state index < -0.39 is 11.9 Å². The van der Waals surface area contributed by atoms with Gasteiger partial charge in [-0.1, -0.05) is 18.2 Å². The van der Waals surface area contributed by atoms with Crippen molar-refractivity contribution in [3.8, 4) is 6.07 Å². The predicted molar refractivity (Wildman–Crippen MR) is 54.5 cm³/mol. The Morgan fingerprint density at radius 1 is 1.53 bits per heavy atom. The maximum atomic E-state index is 13.2. The van der Waals surface area contributed by atoms with Gasteiger partial charge in [-0.05, 0) is 13.1 Å². The minimum atomic E-state index is -0.899. The second-order valence-corrected chi connectivity index (χ2v) is 3.39. The lowest BCUT2D eigenvalue weighted by molar-refractivity contribution is 0.129. The molecule has 0 saturated carbocycles. The fraction of sp³-hybridized carbons (Fsp3) is 0.364. The molecule has 0 aliphatic carbocycles. The summed E-state index contributed by atoms with van der Waals surface area (Å²) in [6, 6.07) is 8.06. The zero-order valence-corrected chi connectivity index (χ0v) is 8.52. The molecule has 1 atom stereocenters. The summed E-state index contributed by atoms with van der Waals surface area (Å²) in [6.07, 6.45) is -0.899. The molecule has 0 bridgehead atoms. The predicted octanol–water partition coefficient (Wildman–Crippen LogP) is 1.31. The molecule has 0 radical (unpaired) electrons. The van der Waals surface area contributed by atoms with Crippen LogP contribution in [0, 0.1) is 17.1 Å². The summed E-state index contributed by atoms with van der Waals surface area (Å²) in [6.45, 7) is 0.458. The molecule has 1 aromatic rings. The Hall–Kier alpha value is -1.44. The Balaban J connectivity index is 2.66. The summed E-state index contributed by atoms with van der Waals surface area (Å²) in [5, 5.41) is 18.1. The average molecular weight is 208 g/mol. The van der Waals surface area contributed by atoms with E-state index in [2.05, 4.69) is 0 Å². The highest BCUT2D eigenvalue weighted by Gasteiger charge is 2.13. The van der Waals surface area contributed by atoms with Crippen LogP contribution in [0.15, 0.2) is 24.3 Å². The number of hydrogen-bond acceptors (Lipinski definition) is 3. The molecule has 15 heavy (non-hydrogen) atoms. The Bertz CT molecular complexity index is 362. The minimum absolute atomic E-state index is 0.214. The Morgan fingerprint density at radius 2 is 2.20 bits per heavy atom. The normalized spacial score (nSPS) is 12.5. The monoisotopic (exact) mass is 208 g/mol. The molecule has 0 spiro atoms. The molecule has 0 saturated heterocycles. The highest BCUT2D eigenvalue weighted by atomic mass is 19.1. The fourth-order valence-corrected chi connectivity index (χ4v) is 1.32. The molecule has 0 heterocycles. The van der Waals surface area contributed by atoms with Crippen LogP contribution >= 0.6 is 0 Å². The molecular formula is C11H13FN2O. The van der Waals surface area contributed by atoms with Crippen molar-refractivity contribution in [3.05, 3.63) is 35.6 Å². The van der Waals surface area contributed by atoms with Gasteiger partial charge in [-0.2, -0.15) is 5.26 Å². The molecule has 1 aromatic carbocycles. The third-order valence-electron chi connectivity index (χ3n) is 2.09. The number of aliphatic hydroxyl groups excluding tert-OH is 1. The van der Waals surface area contributed by atoms with Crippen LogP contribution < -0.4 is 0 Å². The van der Waals surface area contributed by atoms with Gasteiger partial charge >= 0.3 is 0 Å². The number of aliphatic hydroxyl groups is 1.